The van der Waals surface area contributed by atoms with Gasteiger partial charge >= 0.3 is 78.6 Å². The molecule has 2 atom stereocenters. The number of thioether (sulfide) groups is 1. The molecule has 64 valence electrons. The van der Waals surface area contributed by atoms with Gasteiger partial charge in [-0.15, -0.1) is 0 Å². The van der Waals surface area contributed by atoms with E-state index in [-0.39, 0.29) is 0 Å². The molecule has 11 heavy (non-hydrogen) atoms. The Hall–Kier alpha value is 0.829. The summed E-state index contributed by atoms with van der Waals surface area (Å²) in [6.45, 7) is 1.03. The molecule has 0 saturated carbocycles. The Bertz CT molecular complexity index is 121. The third-order valence-electron chi connectivity index (χ3n) is 2.01. The molecule has 0 N–H and O–H groups in total. The van der Waals surface area contributed by atoms with Crippen LogP contribution in [-0.4, -0.2) is 37.6 Å². The monoisotopic (exact) mass is 238 g/mol. The first kappa shape index (κ1) is 8.43. The fraction of sp³-hybridized carbons (Fsp3) is 1.00. The van der Waals surface area contributed by atoms with Crippen molar-refractivity contribution in [1.82, 2.24) is 0 Å². The maximum atomic E-state index is 5.19. The Labute approximate surface area is 78.8 Å². The summed E-state index contributed by atoms with van der Waals surface area (Å²) in [4.78, 5) is 0. The molecule has 0 bridgehead atoms. The molecule has 0 aliphatic carbocycles. The normalized spacial score (nSPS) is 37.1. The van der Waals surface area contributed by atoms with Crippen molar-refractivity contribution in [2.45, 2.75) is 34.8 Å². The minimum absolute atomic E-state index is 0.637. The van der Waals surface area contributed by atoms with Gasteiger partial charge in [0.1, 0.15) is 0 Å². The zero-order valence-electron chi connectivity index (χ0n) is 6.62. The topological polar surface area (TPSA) is 12.5 Å². The first-order valence-electron chi connectivity index (χ1n) is 4.30. The maximum absolute atomic E-state index is 5.19. The summed E-state index contributed by atoms with van der Waals surface area (Å²) in [5.74, 6) is 1.27. The molecule has 2 saturated heterocycles. The Morgan fingerprint density at radius 2 is 2.36 bits per heavy atom. The van der Waals surface area contributed by atoms with Crippen molar-refractivity contribution < 1.29 is 4.74 Å². The van der Waals surface area contributed by atoms with Gasteiger partial charge in [-0.05, 0) is 0 Å². The second-order valence-electron chi connectivity index (χ2n) is 3.08. The minimum atomic E-state index is 0.637. The van der Waals surface area contributed by atoms with Gasteiger partial charge in [-0.25, -0.2) is 0 Å². The number of hydrogen-bond donors (Lipinski definition) is 0. The van der Waals surface area contributed by atoms with Gasteiger partial charge in [0.15, 0.2) is 0 Å². The standard InChI is InChI=1S/C8H14OSSe/c1-2-4-11-8(3-1)10-6-7-5-9-7/h7-8H,1-6H2. The van der Waals surface area contributed by atoms with Crippen LogP contribution in [0.4, 0.5) is 0 Å². The van der Waals surface area contributed by atoms with Gasteiger partial charge in [-0.1, -0.05) is 0 Å². The molecule has 0 spiro atoms. The van der Waals surface area contributed by atoms with Crippen LogP contribution in [0, 0.1) is 0 Å². The predicted octanol–water partition coefficient (Wildman–Crippen LogP) is 1.75. The second-order valence-corrected chi connectivity index (χ2v) is 7.74. The van der Waals surface area contributed by atoms with Crippen LogP contribution in [-0.2, 0) is 4.74 Å². The Balaban J connectivity index is 1.59. The summed E-state index contributed by atoms with van der Waals surface area (Å²) in [5.41, 5.74) is 0. The van der Waals surface area contributed by atoms with Crippen molar-refractivity contribution in [1.29, 1.82) is 0 Å². The molecular formula is C8H14OSSe. The Kier molecular flexibility index (Phi) is 3.20. The molecule has 0 aromatic rings. The third kappa shape index (κ3) is 2.98. The van der Waals surface area contributed by atoms with Crippen molar-refractivity contribution in [3.63, 3.8) is 0 Å². The molecule has 0 aromatic carbocycles. The van der Waals surface area contributed by atoms with Crippen molar-refractivity contribution in [3.8, 4) is 0 Å². The zero-order valence-corrected chi connectivity index (χ0v) is 9.15. The van der Waals surface area contributed by atoms with Gasteiger partial charge in [0, 0.05) is 0 Å². The van der Waals surface area contributed by atoms with E-state index in [0.717, 1.165) is 25.7 Å². The SMILES string of the molecule is C1CCC(SCC2CO2)[Se]C1. The summed E-state index contributed by atoms with van der Waals surface area (Å²) < 4.78 is 6.21. The van der Waals surface area contributed by atoms with Crippen molar-refractivity contribution >= 4 is 26.7 Å². The van der Waals surface area contributed by atoms with E-state index in [1.165, 1.54) is 30.3 Å². The molecule has 2 aliphatic rings. The zero-order chi connectivity index (χ0) is 7.52. The first-order valence-corrected chi connectivity index (χ1v) is 7.55. The van der Waals surface area contributed by atoms with E-state index in [0.29, 0.717) is 6.10 Å². The van der Waals surface area contributed by atoms with Crippen LogP contribution >= 0.6 is 11.8 Å². The van der Waals surface area contributed by atoms with Crippen LogP contribution in [0.3, 0.4) is 0 Å². The second kappa shape index (κ2) is 4.18. The van der Waals surface area contributed by atoms with E-state index in [2.05, 4.69) is 11.8 Å². The molecule has 0 radical (unpaired) electrons. The summed E-state index contributed by atoms with van der Waals surface area (Å²) in [5, 5.41) is 1.52. The van der Waals surface area contributed by atoms with Crippen LogP contribution in [0.15, 0.2) is 0 Å². The van der Waals surface area contributed by atoms with E-state index < -0.39 is 0 Å². The third-order valence-corrected chi connectivity index (χ3v) is 7.12. The fourth-order valence-corrected chi connectivity index (χ4v) is 5.90. The molecule has 2 fully saturated rings. The molecule has 2 rings (SSSR count). The fourth-order valence-electron chi connectivity index (χ4n) is 1.22. The van der Waals surface area contributed by atoms with E-state index in [4.69, 9.17) is 4.74 Å². The van der Waals surface area contributed by atoms with Crippen LogP contribution in [0.5, 0.6) is 0 Å². The van der Waals surface area contributed by atoms with Crippen molar-refractivity contribution in [3.05, 3.63) is 0 Å². The number of epoxide rings is 1. The molecule has 2 aliphatic heterocycles. The van der Waals surface area contributed by atoms with Crippen LogP contribution in [0.2, 0.25) is 5.32 Å². The quantitative estimate of drug-likeness (QED) is 0.547. The molecule has 3 heteroatoms. The molecule has 2 unspecified atom stereocenters. The van der Waals surface area contributed by atoms with Crippen molar-refractivity contribution in [2.75, 3.05) is 12.4 Å². The Morgan fingerprint density at radius 3 is 3.00 bits per heavy atom. The summed E-state index contributed by atoms with van der Waals surface area (Å²) in [6, 6.07) is 0. The summed E-state index contributed by atoms with van der Waals surface area (Å²) in [6.07, 6.45) is 5.09. The van der Waals surface area contributed by atoms with Gasteiger partial charge in [0.25, 0.3) is 0 Å². The van der Waals surface area contributed by atoms with Gasteiger partial charge in [0.2, 0.25) is 0 Å². The molecular weight excluding hydrogens is 223 g/mol. The van der Waals surface area contributed by atoms with Gasteiger partial charge in [-0.2, -0.15) is 0 Å². The molecule has 0 aromatic heterocycles. The van der Waals surface area contributed by atoms with Gasteiger partial charge in [-0.3, -0.25) is 0 Å². The van der Waals surface area contributed by atoms with E-state index in [9.17, 15) is 0 Å². The van der Waals surface area contributed by atoms with Gasteiger partial charge in [0.05, 0.1) is 0 Å². The first-order chi connectivity index (χ1) is 5.45. The number of rotatable bonds is 3. The van der Waals surface area contributed by atoms with E-state index in [1.54, 1.807) is 0 Å². The van der Waals surface area contributed by atoms with E-state index >= 15 is 0 Å². The van der Waals surface area contributed by atoms with E-state index in [1.807, 2.05) is 0 Å². The molecule has 2 heterocycles. The van der Waals surface area contributed by atoms with Crippen LogP contribution in [0.25, 0.3) is 0 Å². The average Bonchev–Trinajstić information content (AvgIpc) is 2.86. The predicted molar refractivity (Wildman–Crippen MR) is 50.4 cm³/mol. The molecule has 0 amide bonds. The van der Waals surface area contributed by atoms with Crippen molar-refractivity contribution in [2.24, 2.45) is 0 Å². The summed E-state index contributed by atoms with van der Waals surface area (Å²) in [7, 11) is 0. The number of hydrogen-bond acceptors (Lipinski definition) is 2. The van der Waals surface area contributed by atoms with Gasteiger partial charge < -0.3 is 0 Å². The number of ether oxygens (including phenoxy) is 1. The molecule has 1 nitrogen and oxygen atoms in total. The van der Waals surface area contributed by atoms with Crippen LogP contribution in [0.1, 0.15) is 19.3 Å². The summed E-state index contributed by atoms with van der Waals surface area (Å²) >= 11 is 3.11. The average molecular weight is 237 g/mol. The van der Waals surface area contributed by atoms with Crippen LogP contribution < -0.4 is 0 Å². The Morgan fingerprint density at radius 1 is 1.45 bits per heavy atom.